The molecule has 2 heterocycles. The number of anilines is 1. The molecule has 0 aromatic heterocycles. The van der Waals surface area contributed by atoms with Gasteiger partial charge in [0.1, 0.15) is 0 Å². The quantitative estimate of drug-likeness (QED) is 0.875. The van der Waals surface area contributed by atoms with Gasteiger partial charge in [0.15, 0.2) is 0 Å². The molecule has 3 rings (SSSR count). The predicted octanol–water partition coefficient (Wildman–Crippen LogP) is 3.19. The van der Waals surface area contributed by atoms with Crippen molar-refractivity contribution in [1.82, 2.24) is 10.2 Å². The number of halogens is 1. The van der Waals surface area contributed by atoms with Crippen LogP contribution in [0.3, 0.4) is 0 Å². The van der Waals surface area contributed by atoms with Crippen molar-refractivity contribution < 1.29 is 4.79 Å². The lowest BCUT2D eigenvalue weighted by molar-refractivity contribution is -0.117. The summed E-state index contributed by atoms with van der Waals surface area (Å²) in [7, 11) is 2.09. The van der Waals surface area contributed by atoms with Crippen LogP contribution in [0.5, 0.6) is 0 Å². The first-order valence-corrected chi connectivity index (χ1v) is 8.76. The monoisotopic (exact) mass is 351 g/mol. The van der Waals surface area contributed by atoms with E-state index in [1.807, 2.05) is 0 Å². The highest BCUT2D eigenvalue weighted by molar-refractivity contribution is 5.93. The van der Waals surface area contributed by atoms with Gasteiger partial charge in [-0.1, -0.05) is 17.7 Å². The third-order valence-corrected chi connectivity index (χ3v) is 5.41. The molecule has 4 nitrogen and oxygen atoms in total. The molecule has 2 N–H and O–H groups in total. The number of carbonyl (C=O) groups excluding carboxylic acids is 1. The predicted molar refractivity (Wildman–Crippen MR) is 102 cm³/mol. The normalized spacial score (nSPS) is 25.5. The molecule has 2 fully saturated rings. The highest BCUT2D eigenvalue weighted by atomic mass is 35.5. The third kappa shape index (κ3) is 4.29. The molecule has 0 aliphatic carbocycles. The molecule has 0 spiro atoms. The van der Waals surface area contributed by atoms with Gasteiger partial charge >= 0.3 is 0 Å². The van der Waals surface area contributed by atoms with Gasteiger partial charge in [0.2, 0.25) is 5.91 Å². The zero-order valence-corrected chi connectivity index (χ0v) is 16.0. The summed E-state index contributed by atoms with van der Waals surface area (Å²) in [5.74, 6) is 0.0911. The number of nitrogens with one attached hydrogen (secondary N) is 2. The minimum Gasteiger partial charge on any atom is -0.324 e. The van der Waals surface area contributed by atoms with Crippen LogP contribution < -0.4 is 10.6 Å². The van der Waals surface area contributed by atoms with Crippen LogP contribution in [0.4, 0.5) is 5.69 Å². The van der Waals surface area contributed by atoms with E-state index in [0.717, 1.165) is 16.8 Å². The maximum absolute atomic E-state index is 12.5. The molecule has 2 atom stereocenters. The minimum atomic E-state index is 0. The number of hydrogen-bond acceptors (Lipinski definition) is 3. The largest absolute Gasteiger partial charge is 0.324 e. The Morgan fingerprint density at radius 2 is 1.71 bits per heavy atom. The fourth-order valence-electron chi connectivity index (χ4n) is 4.30. The fraction of sp³-hybridized carbons (Fsp3) is 0.632. The van der Waals surface area contributed by atoms with E-state index in [-0.39, 0.29) is 18.3 Å². The third-order valence-electron chi connectivity index (χ3n) is 5.41. The van der Waals surface area contributed by atoms with E-state index < -0.39 is 0 Å². The molecule has 5 heteroatoms. The van der Waals surface area contributed by atoms with E-state index in [4.69, 9.17) is 0 Å². The van der Waals surface area contributed by atoms with Crippen molar-refractivity contribution in [2.24, 2.45) is 0 Å². The summed E-state index contributed by atoms with van der Waals surface area (Å²) in [6.45, 7) is 6.68. The maximum atomic E-state index is 12.5. The number of hydrogen-bond donors (Lipinski definition) is 2. The number of amides is 1. The molecular weight excluding hydrogens is 322 g/mol. The Bertz CT molecular complexity index is 569. The summed E-state index contributed by atoms with van der Waals surface area (Å²) in [5.41, 5.74) is 4.48. The summed E-state index contributed by atoms with van der Waals surface area (Å²) in [4.78, 5) is 14.7. The van der Waals surface area contributed by atoms with Crippen molar-refractivity contribution >= 4 is 24.0 Å². The van der Waals surface area contributed by atoms with Crippen molar-refractivity contribution in [1.29, 1.82) is 0 Å². The van der Waals surface area contributed by atoms with Crippen LogP contribution in [0.2, 0.25) is 0 Å². The average Bonchev–Trinajstić information content (AvgIpc) is 2.81. The maximum Gasteiger partial charge on any atom is 0.238 e. The topological polar surface area (TPSA) is 44.4 Å². The lowest BCUT2D eigenvalue weighted by atomic mass is 9.98. The lowest BCUT2D eigenvalue weighted by Crippen LogP contribution is -2.48. The van der Waals surface area contributed by atoms with Gasteiger partial charge in [-0.2, -0.15) is 0 Å². The molecule has 24 heavy (non-hydrogen) atoms. The smallest absolute Gasteiger partial charge is 0.238 e. The summed E-state index contributed by atoms with van der Waals surface area (Å²) < 4.78 is 0. The first-order valence-electron chi connectivity index (χ1n) is 8.76. The number of likely N-dealkylation sites (N-methyl/N-ethyl adjacent to an activating group) is 1. The van der Waals surface area contributed by atoms with Gasteiger partial charge in [-0.25, -0.2) is 0 Å². The van der Waals surface area contributed by atoms with Gasteiger partial charge in [-0.3, -0.25) is 9.69 Å². The molecule has 2 aliphatic rings. The molecule has 134 valence electrons. The van der Waals surface area contributed by atoms with Crippen LogP contribution in [-0.4, -0.2) is 42.5 Å². The summed E-state index contributed by atoms with van der Waals surface area (Å²) in [5, 5.41) is 6.78. The van der Waals surface area contributed by atoms with Crippen molar-refractivity contribution in [2.45, 2.75) is 64.6 Å². The zero-order chi connectivity index (χ0) is 16.6. The Morgan fingerprint density at radius 3 is 2.25 bits per heavy atom. The van der Waals surface area contributed by atoms with Crippen molar-refractivity contribution in [3.8, 4) is 0 Å². The molecule has 0 radical (unpaired) electrons. The molecule has 2 unspecified atom stereocenters. The molecule has 2 bridgehead atoms. The second kappa shape index (κ2) is 7.85. The van der Waals surface area contributed by atoms with E-state index in [1.165, 1.54) is 31.2 Å². The van der Waals surface area contributed by atoms with Crippen molar-refractivity contribution in [3.63, 3.8) is 0 Å². The average molecular weight is 352 g/mol. The molecule has 1 aromatic rings. The summed E-state index contributed by atoms with van der Waals surface area (Å²) >= 11 is 0. The molecular formula is C19H30ClN3O. The summed E-state index contributed by atoms with van der Waals surface area (Å²) in [6.07, 6.45) is 4.93. The molecule has 1 aromatic carbocycles. The standard InChI is InChI=1S/C19H29N3O.ClH/c1-12-7-13(2)19(14(3)8-12)21-18(23)11-22(4)17-9-15-5-6-16(10-17)20-15;/h7-8,15-17,20H,5-6,9-11H2,1-4H3,(H,21,23);1H. The zero-order valence-electron chi connectivity index (χ0n) is 15.2. The van der Waals surface area contributed by atoms with Gasteiger partial charge < -0.3 is 10.6 Å². The number of aryl methyl sites for hydroxylation is 3. The number of benzene rings is 1. The van der Waals surface area contributed by atoms with E-state index in [2.05, 4.69) is 55.5 Å². The Kier molecular flexibility index (Phi) is 6.29. The van der Waals surface area contributed by atoms with Crippen molar-refractivity contribution in [3.05, 3.63) is 28.8 Å². The second-order valence-corrected chi connectivity index (χ2v) is 7.50. The van der Waals surface area contributed by atoms with Crippen LogP contribution in [0.15, 0.2) is 12.1 Å². The molecule has 1 amide bonds. The van der Waals surface area contributed by atoms with Crippen LogP contribution in [0.25, 0.3) is 0 Å². The minimum absolute atomic E-state index is 0. The van der Waals surface area contributed by atoms with Crippen LogP contribution >= 0.6 is 12.4 Å². The molecule has 2 aliphatic heterocycles. The first kappa shape index (κ1) is 19.2. The highest BCUT2D eigenvalue weighted by Crippen LogP contribution is 2.29. The number of rotatable bonds is 4. The Labute approximate surface area is 151 Å². The summed E-state index contributed by atoms with van der Waals surface area (Å²) in [6, 6.07) is 6.09. The Morgan fingerprint density at radius 1 is 1.17 bits per heavy atom. The van der Waals surface area contributed by atoms with Gasteiger partial charge in [-0.05, 0) is 64.6 Å². The lowest BCUT2D eigenvalue weighted by Gasteiger charge is -2.35. The van der Waals surface area contributed by atoms with E-state index in [0.29, 0.717) is 24.7 Å². The van der Waals surface area contributed by atoms with E-state index >= 15 is 0 Å². The van der Waals surface area contributed by atoms with Gasteiger partial charge in [-0.15, -0.1) is 12.4 Å². The molecule has 2 saturated heterocycles. The fourth-order valence-corrected chi connectivity index (χ4v) is 4.30. The molecule has 0 saturated carbocycles. The second-order valence-electron chi connectivity index (χ2n) is 7.50. The number of carbonyl (C=O) groups is 1. The van der Waals surface area contributed by atoms with E-state index in [9.17, 15) is 4.79 Å². The van der Waals surface area contributed by atoms with Gasteiger partial charge in [0.25, 0.3) is 0 Å². The number of piperidine rings is 1. The first-order chi connectivity index (χ1) is 10.9. The highest BCUT2D eigenvalue weighted by Gasteiger charge is 2.35. The van der Waals surface area contributed by atoms with E-state index in [1.54, 1.807) is 0 Å². The Hall–Kier alpha value is -1.10. The van der Waals surface area contributed by atoms with Crippen LogP contribution in [0, 0.1) is 20.8 Å². The number of nitrogens with zero attached hydrogens (tertiary/aromatic N) is 1. The van der Waals surface area contributed by atoms with Gasteiger partial charge in [0, 0.05) is 23.8 Å². The van der Waals surface area contributed by atoms with Gasteiger partial charge in [0.05, 0.1) is 6.54 Å². The number of fused-ring (bicyclic) bond motifs is 2. The van der Waals surface area contributed by atoms with Crippen LogP contribution in [0.1, 0.15) is 42.4 Å². The SMILES string of the molecule is Cc1cc(C)c(NC(=O)CN(C)C2CC3CCC(C2)N3)c(C)c1.Cl. The van der Waals surface area contributed by atoms with Crippen LogP contribution in [-0.2, 0) is 4.79 Å². The van der Waals surface area contributed by atoms with Crippen molar-refractivity contribution in [2.75, 3.05) is 18.9 Å². The Balaban J connectivity index is 0.00000208.